The summed E-state index contributed by atoms with van der Waals surface area (Å²) in [5.74, 6) is 0. The molecule has 0 bridgehead atoms. The first-order valence-corrected chi connectivity index (χ1v) is 2.22. The van der Waals surface area contributed by atoms with Crippen LogP contribution in [0.25, 0.3) is 0 Å². The molecule has 52 valence electrons. The molecule has 0 saturated carbocycles. The number of amides is 1. The van der Waals surface area contributed by atoms with Crippen LogP contribution in [0.2, 0.25) is 0 Å². The van der Waals surface area contributed by atoms with Crippen molar-refractivity contribution in [3.05, 3.63) is 12.3 Å². The molecule has 5 heteroatoms. The van der Waals surface area contributed by atoms with E-state index in [4.69, 9.17) is 5.11 Å². The second-order valence-electron chi connectivity index (χ2n) is 1.42. The molecule has 0 fully saturated rings. The Labute approximate surface area is 58.5 Å². The van der Waals surface area contributed by atoms with Crippen molar-refractivity contribution in [2.75, 3.05) is 6.54 Å². The highest BCUT2D eigenvalue weighted by Gasteiger charge is 2.09. The summed E-state index contributed by atoms with van der Waals surface area (Å²) in [7, 11) is 0. The Kier molecular flexibility index (Phi) is 2.87. The van der Waals surface area contributed by atoms with Crippen LogP contribution in [0.15, 0.2) is 12.3 Å². The van der Waals surface area contributed by atoms with Crippen molar-refractivity contribution in [1.29, 1.82) is 0 Å². The van der Waals surface area contributed by atoms with Gasteiger partial charge < -0.3 is 10.5 Å². The lowest BCUT2D eigenvalue weighted by molar-refractivity contribution is 0.141. The van der Waals surface area contributed by atoms with E-state index in [9.17, 15) is 4.79 Å². The predicted octanol–water partition coefficient (Wildman–Crippen LogP) is 0.420. The molecule has 1 aliphatic heterocycles. The largest absolute Gasteiger partial charge is 0.464 e. The quantitative estimate of drug-likeness (QED) is 0.526. The van der Waals surface area contributed by atoms with Gasteiger partial charge in [-0.3, -0.25) is 0 Å². The molecule has 0 unspecified atom stereocenters. The fraction of sp³-hybridized carbons (Fsp3) is 0.250. The molecule has 0 spiro atoms. The summed E-state index contributed by atoms with van der Waals surface area (Å²) in [6, 6.07) is 0. The zero-order valence-corrected chi connectivity index (χ0v) is 5.39. The molecule has 0 aliphatic carbocycles. The van der Waals surface area contributed by atoms with Crippen LogP contribution in [0, 0.1) is 0 Å². The predicted molar refractivity (Wildman–Crippen MR) is 34.3 cm³/mol. The van der Waals surface area contributed by atoms with Crippen LogP contribution in [0.4, 0.5) is 4.79 Å². The summed E-state index contributed by atoms with van der Waals surface area (Å²) in [6.07, 6.45) is 2.37. The summed E-state index contributed by atoms with van der Waals surface area (Å²) in [5.41, 5.74) is 2.51. The Morgan fingerprint density at radius 3 is 2.67 bits per heavy atom. The third-order valence-corrected chi connectivity index (χ3v) is 0.867. The Hall–Kier alpha value is -0.900. The third kappa shape index (κ3) is 1.81. The lowest BCUT2D eigenvalue weighted by Crippen LogP contribution is -2.34. The second-order valence-corrected chi connectivity index (χ2v) is 1.42. The van der Waals surface area contributed by atoms with Gasteiger partial charge in [0.1, 0.15) is 0 Å². The standard InChI is InChI=1S/C4H6N2O2.ClH/c7-4(8)6-3-1-2-5-6;/h1-2,5H,3H2,(H,7,8);1H. The van der Waals surface area contributed by atoms with Gasteiger partial charge in [0.05, 0.1) is 6.54 Å². The molecule has 4 nitrogen and oxygen atoms in total. The minimum absolute atomic E-state index is 0. The van der Waals surface area contributed by atoms with E-state index in [2.05, 4.69) is 5.43 Å². The average molecular weight is 151 g/mol. The second kappa shape index (κ2) is 3.19. The first-order chi connectivity index (χ1) is 3.80. The van der Waals surface area contributed by atoms with E-state index >= 15 is 0 Å². The first-order valence-electron chi connectivity index (χ1n) is 2.22. The third-order valence-electron chi connectivity index (χ3n) is 0.867. The van der Waals surface area contributed by atoms with Gasteiger partial charge in [-0.2, -0.15) is 0 Å². The lowest BCUT2D eigenvalue weighted by Gasteiger charge is -2.09. The Morgan fingerprint density at radius 1 is 1.78 bits per heavy atom. The van der Waals surface area contributed by atoms with Gasteiger partial charge in [-0.05, 0) is 6.08 Å². The minimum atomic E-state index is -0.949. The van der Waals surface area contributed by atoms with Crippen molar-refractivity contribution in [2.24, 2.45) is 0 Å². The molecule has 1 aliphatic rings. The molecule has 0 aromatic carbocycles. The maximum atomic E-state index is 10.0. The fourth-order valence-corrected chi connectivity index (χ4v) is 0.487. The average Bonchev–Trinajstić information content (AvgIpc) is 2.12. The van der Waals surface area contributed by atoms with E-state index in [1.807, 2.05) is 0 Å². The highest BCUT2D eigenvalue weighted by molar-refractivity contribution is 5.85. The van der Waals surface area contributed by atoms with Gasteiger partial charge in [-0.25, -0.2) is 9.80 Å². The number of hydrogen-bond donors (Lipinski definition) is 2. The zero-order chi connectivity index (χ0) is 5.98. The first kappa shape index (κ1) is 8.10. The van der Waals surface area contributed by atoms with Gasteiger partial charge in [0.2, 0.25) is 0 Å². The van der Waals surface area contributed by atoms with Crippen molar-refractivity contribution in [3.63, 3.8) is 0 Å². The van der Waals surface area contributed by atoms with Crippen LogP contribution in [0.1, 0.15) is 0 Å². The molecule has 1 heterocycles. The van der Waals surface area contributed by atoms with Crippen molar-refractivity contribution >= 4 is 18.5 Å². The molecule has 9 heavy (non-hydrogen) atoms. The molecule has 0 aromatic rings. The van der Waals surface area contributed by atoms with Gasteiger partial charge >= 0.3 is 6.09 Å². The van der Waals surface area contributed by atoms with Gasteiger partial charge in [0, 0.05) is 6.20 Å². The molecule has 0 atom stereocenters. The molecule has 0 radical (unpaired) electrons. The summed E-state index contributed by atoms with van der Waals surface area (Å²) in [5, 5.41) is 9.32. The maximum Gasteiger partial charge on any atom is 0.426 e. The van der Waals surface area contributed by atoms with Crippen molar-refractivity contribution in [3.8, 4) is 0 Å². The van der Waals surface area contributed by atoms with Crippen LogP contribution >= 0.6 is 12.4 Å². The van der Waals surface area contributed by atoms with Gasteiger partial charge in [-0.15, -0.1) is 12.4 Å². The molecule has 0 aromatic heterocycles. The molecular formula is C4H7ClN2O2. The number of nitrogens with one attached hydrogen (secondary N) is 1. The smallest absolute Gasteiger partial charge is 0.426 e. The molecular weight excluding hydrogens is 144 g/mol. The zero-order valence-electron chi connectivity index (χ0n) is 4.57. The Morgan fingerprint density at radius 2 is 2.44 bits per heavy atom. The SMILES string of the molecule is Cl.O=C(O)N1CC=CN1. The minimum Gasteiger partial charge on any atom is -0.464 e. The number of rotatable bonds is 0. The highest BCUT2D eigenvalue weighted by atomic mass is 35.5. The Bertz CT molecular complexity index is 129. The van der Waals surface area contributed by atoms with Gasteiger partial charge in [0.25, 0.3) is 0 Å². The number of carbonyl (C=O) groups is 1. The molecule has 1 rings (SSSR count). The summed E-state index contributed by atoms with van der Waals surface area (Å²) < 4.78 is 0. The van der Waals surface area contributed by atoms with Crippen molar-refractivity contribution in [1.82, 2.24) is 10.4 Å². The van der Waals surface area contributed by atoms with E-state index in [0.717, 1.165) is 5.01 Å². The van der Waals surface area contributed by atoms with Crippen LogP contribution in [0.3, 0.4) is 0 Å². The molecule has 1 amide bonds. The highest BCUT2D eigenvalue weighted by Crippen LogP contribution is 1.90. The number of hydrazine groups is 1. The summed E-state index contributed by atoms with van der Waals surface area (Å²) in [4.78, 5) is 10.0. The van der Waals surface area contributed by atoms with Crippen LogP contribution in [0.5, 0.6) is 0 Å². The van der Waals surface area contributed by atoms with Crippen LogP contribution in [-0.2, 0) is 0 Å². The normalized spacial score (nSPS) is 14.4. The monoisotopic (exact) mass is 150 g/mol. The van der Waals surface area contributed by atoms with Gasteiger partial charge in [0.15, 0.2) is 0 Å². The lowest BCUT2D eigenvalue weighted by atomic mass is 10.6. The molecule has 2 N–H and O–H groups in total. The topological polar surface area (TPSA) is 52.6 Å². The van der Waals surface area contributed by atoms with Crippen molar-refractivity contribution in [2.45, 2.75) is 0 Å². The van der Waals surface area contributed by atoms with E-state index in [1.165, 1.54) is 0 Å². The van der Waals surface area contributed by atoms with E-state index in [1.54, 1.807) is 12.3 Å². The number of hydrogen-bond acceptors (Lipinski definition) is 2. The number of nitrogens with zero attached hydrogens (tertiary/aromatic N) is 1. The van der Waals surface area contributed by atoms with Crippen LogP contribution in [-0.4, -0.2) is 22.8 Å². The summed E-state index contributed by atoms with van der Waals surface area (Å²) in [6.45, 7) is 0.440. The Balaban J connectivity index is 0.000000640. The van der Waals surface area contributed by atoms with Crippen molar-refractivity contribution < 1.29 is 9.90 Å². The van der Waals surface area contributed by atoms with E-state index in [0.29, 0.717) is 6.54 Å². The summed E-state index contributed by atoms with van der Waals surface area (Å²) >= 11 is 0. The van der Waals surface area contributed by atoms with Gasteiger partial charge in [-0.1, -0.05) is 0 Å². The fourth-order valence-electron chi connectivity index (χ4n) is 0.487. The number of carboxylic acid groups (broad SMARTS) is 1. The number of halogens is 1. The molecule has 0 saturated heterocycles. The van der Waals surface area contributed by atoms with E-state index in [-0.39, 0.29) is 12.4 Å². The van der Waals surface area contributed by atoms with E-state index < -0.39 is 6.09 Å². The maximum absolute atomic E-state index is 10.0. The van der Waals surface area contributed by atoms with Crippen LogP contribution < -0.4 is 5.43 Å².